The molecule has 0 fully saturated rings. The summed E-state index contributed by atoms with van der Waals surface area (Å²) in [5.74, 6) is 0.0830. The van der Waals surface area contributed by atoms with Crippen molar-refractivity contribution in [1.29, 1.82) is 0 Å². The van der Waals surface area contributed by atoms with Gasteiger partial charge in [0.2, 0.25) is 0 Å². The Morgan fingerprint density at radius 1 is 1.00 bits per heavy atom. The molecule has 29 heavy (non-hydrogen) atoms. The Kier molecular flexibility index (Phi) is 8.35. The normalized spacial score (nSPS) is 12.7. The zero-order valence-electron chi connectivity index (χ0n) is 16.9. The number of hydrogen-bond acceptors (Lipinski definition) is 6. The lowest BCUT2D eigenvalue weighted by Gasteiger charge is -2.19. The molecule has 0 bridgehead atoms. The summed E-state index contributed by atoms with van der Waals surface area (Å²) in [4.78, 5) is 24.4. The van der Waals surface area contributed by atoms with Gasteiger partial charge < -0.3 is 14.2 Å². The molecule has 0 saturated heterocycles. The van der Waals surface area contributed by atoms with Crippen LogP contribution in [0.5, 0.6) is 11.5 Å². The molecule has 0 heterocycles. The van der Waals surface area contributed by atoms with Crippen molar-refractivity contribution in [2.45, 2.75) is 30.7 Å². The molecule has 2 aromatic rings. The number of aryl methyl sites for hydroxylation is 1. The highest BCUT2D eigenvalue weighted by Gasteiger charge is 2.22. The Morgan fingerprint density at radius 3 is 2.24 bits per heavy atom. The van der Waals surface area contributed by atoms with E-state index in [1.807, 2.05) is 19.1 Å². The molecule has 0 aliphatic carbocycles. The van der Waals surface area contributed by atoms with Crippen LogP contribution in [-0.2, 0) is 25.3 Å². The predicted molar refractivity (Wildman–Crippen MR) is 109 cm³/mol. The summed E-state index contributed by atoms with van der Waals surface area (Å²) in [6.45, 7) is 1.94. The molecular weight excluding hydrogens is 394 g/mol. The highest BCUT2D eigenvalue weighted by Crippen LogP contribution is 2.31. The van der Waals surface area contributed by atoms with Gasteiger partial charge in [0.05, 0.1) is 32.3 Å². The van der Waals surface area contributed by atoms with Crippen LogP contribution in [0.1, 0.15) is 30.0 Å². The van der Waals surface area contributed by atoms with Crippen molar-refractivity contribution in [3.05, 3.63) is 53.6 Å². The fourth-order valence-corrected chi connectivity index (χ4v) is 3.69. The van der Waals surface area contributed by atoms with Crippen LogP contribution >= 0.6 is 0 Å². The first-order valence-corrected chi connectivity index (χ1v) is 10.1. The van der Waals surface area contributed by atoms with Gasteiger partial charge in [0, 0.05) is 6.42 Å². The van der Waals surface area contributed by atoms with Crippen molar-refractivity contribution < 1.29 is 28.0 Å². The minimum Gasteiger partial charge on any atom is -0.493 e. The topological polar surface area (TPSA) is 90.9 Å². The molecule has 0 aromatic heterocycles. The zero-order chi connectivity index (χ0) is 21.4. The third-order valence-electron chi connectivity index (χ3n) is 4.30. The number of carbonyl (C=O) groups is 2. The van der Waals surface area contributed by atoms with Gasteiger partial charge in [-0.3, -0.25) is 9.59 Å². The van der Waals surface area contributed by atoms with E-state index < -0.39 is 23.0 Å². The molecule has 0 aliphatic heterocycles. The summed E-state index contributed by atoms with van der Waals surface area (Å²) < 4.78 is 30.9. The highest BCUT2D eigenvalue weighted by atomic mass is 32.2. The molecule has 2 rings (SSSR count). The molecule has 156 valence electrons. The van der Waals surface area contributed by atoms with E-state index in [0.717, 1.165) is 5.56 Å². The van der Waals surface area contributed by atoms with Crippen molar-refractivity contribution in [2.24, 2.45) is 0 Å². The molecule has 2 atom stereocenters. The van der Waals surface area contributed by atoms with Crippen LogP contribution in [-0.4, -0.2) is 37.3 Å². The lowest BCUT2D eigenvalue weighted by Crippen LogP contribution is -2.27. The van der Waals surface area contributed by atoms with Crippen LogP contribution in [0.15, 0.2) is 47.4 Å². The average Bonchev–Trinajstić information content (AvgIpc) is 2.72. The Balaban J connectivity index is 2.29. The van der Waals surface area contributed by atoms with E-state index >= 15 is 0 Å². The molecule has 0 aliphatic rings. The first kappa shape index (κ1) is 22.6. The highest BCUT2D eigenvalue weighted by molar-refractivity contribution is 7.83. The van der Waals surface area contributed by atoms with Gasteiger partial charge in [0.1, 0.15) is 23.2 Å². The molecule has 0 radical (unpaired) electrons. The summed E-state index contributed by atoms with van der Waals surface area (Å²) in [7, 11) is 2.71. The molecule has 8 heteroatoms. The second-order valence-electron chi connectivity index (χ2n) is 6.36. The standard InChI is InChI=1S/C21H25NO6S/c1-14-5-8-17(9-6-14)29(25)22-18(12-16(23)13-21(24)28-4)15-7-10-19(26-2)20(11-15)27-3/h5-11,18,22H,12-13H2,1-4H3/t18-,29+/m0/s1. The van der Waals surface area contributed by atoms with Gasteiger partial charge in [-0.05, 0) is 36.8 Å². The number of carbonyl (C=O) groups excluding carboxylic acids is 2. The number of ketones is 1. The summed E-state index contributed by atoms with van der Waals surface area (Å²) >= 11 is 0. The average molecular weight is 419 g/mol. The lowest BCUT2D eigenvalue weighted by molar-refractivity contribution is -0.143. The van der Waals surface area contributed by atoms with Gasteiger partial charge in [-0.1, -0.05) is 23.8 Å². The summed E-state index contributed by atoms with van der Waals surface area (Å²) in [6.07, 6.45) is -0.388. The largest absolute Gasteiger partial charge is 0.493 e. The molecule has 2 aromatic carbocycles. The quantitative estimate of drug-likeness (QED) is 0.470. The van der Waals surface area contributed by atoms with Gasteiger partial charge >= 0.3 is 5.97 Å². The van der Waals surface area contributed by atoms with E-state index in [2.05, 4.69) is 9.46 Å². The number of hydrogen-bond donors (Lipinski definition) is 1. The molecule has 1 N–H and O–H groups in total. The number of benzene rings is 2. The molecule has 0 amide bonds. The Bertz CT molecular complexity index is 881. The second kappa shape index (κ2) is 10.7. The van der Waals surface area contributed by atoms with Gasteiger partial charge in [0.15, 0.2) is 11.5 Å². The van der Waals surface area contributed by atoms with Crippen LogP contribution in [0.2, 0.25) is 0 Å². The lowest BCUT2D eigenvalue weighted by atomic mass is 10.0. The monoisotopic (exact) mass is 419 g/mol. The minimum absolute atomic E-state index is 0.0395. The van der Waals surface area contributed by atoms with Gasteiger partial charge in [0.25, 0.3) is 0 Å². The molecular formula is C21H25NO6S. The van der Waals surface area contributed by atoms with E-state index in [-0.39, 0.29) is 18.6 Å². The molecule has 0 saturated carbocycles. The number of ether oxygens (including phenoxy) is 3. The van der Waals surface area contributed by atoms with E-state index in [9.17, 15) is 13.8 Å². The van der Waals surface area contributed by atoms with E-state index in [4.69, 9.17) is 9.47 Å². The SMILES string of the molecule is COC(=O)CC(=O)C[C@H](N[S@](=O)c1ccc(C)cc1)c1ccc(OC)c(OC)c1. The van der Waals surface area contributed by atoms with Crippen LogP contribution in [0.3, 0.4) is 0 Å². The summed E-state index contributed by atoms with van der Waals surface area (Å²) in [5, 5.41) is 0. The van der Waals surface area contributed by atoms with E-state index in [1.165, 1.54) is 21.3 Å². The van der Waals surface area contributed by atoms with Crippen LogP contribution in [0.25, 0.3) is 0 Å². The van der Waals surface area contributed by atoms with Crippen molar-refractivity contribution in [3.8, 4) is 11.5 Å². The smallest absolute Gasteiger partial charge is 0.313 e. The van der Waals surface area contributed by atoms with Gasteiger partial charge in [-0.25, -0.2) is 8.93 Å². The van der Waals surface area contributed by atoms with Gasteiger partial charge in [-0.2, -0.15) is 0 Å². The third-order valence-corrected chi connectivity index (χ3v) is 5.49. The van der Waals surface area contributed by atoms with Crippen LogP contribution < -0.4 is 14.2 Å². The fourth-order valence-electron chi connectivity index (χ4n) is 2.69. The van der Waals surface area contributed by atoms with Crippen molar-refractivity contribution in [3.63, 3.8) is 0 Å². The van der Waals surface area contributed by atoms with E-state index in [1.54, 1.807) is 30.3 Å². The van der Waals surface area contributed by atoms with Gasteiger partial charge in [-0.15, -0.1) is 0 Å². The number of nitrogens with one attached hydrogen (secondary N) is 1. The van der Waals surface area contributed by atoms with Crippen LogP contribution in [0, 0.1) is 6.92 Å². The maximum atomic E-state index is 12.8. The molecule has 0 unspecified atom stereocenters. The first-order valence-electron chi connectivity index (χ1n) is 8.93. The number of Topliss-reactive ketones (excluding diaryl/α,β-unsaturated/α-hetero) is 1. The van der Waals surface area contributed by atoms with E-state index in [0.29, 0.717) is 22.0 Å². The van der Waals surface area contributed by atoms with Crippen molar-refractivity contribution in [2.75, 3.05) is 21.3 Å². The maximum Gasteiger partial charge on any atom is 0.313 e. The van der Waals surface area contributed by atoms with Crippen molar-refractivity contribution >= 4 is 22.7 Å². The fraction of sp³-hybridized carbons (Fsp3) is 0.333. The summed E-state index contributed by atoms with van der Waals surface area (Å²) in [6, 6.07) is 11.8. The maximum absolute atomic E-state index is 12.8. The second-order valence-corrected chi connectivity index (χ2v) is 7.61. The third kappa shape index (κ3) is 6.40. The first-order chi connectivity index (χ1) is 13.9. The molecule has 0 spiro atoms. The predicted octanol–water partition coefficient (Wildman–Crippen LogP) is 2.89. The van der Waals surface area contributed by atoms with Crippen molar-refractivity contribution in [1.82, 2.24) is 4.72 Å². The Hall–Kier alpha value is -2.71. The number of esters is 1. The Morgan fingerprint density at radius 2 is 1.66 bits per heavy atom. The zero-order valence-corrected chi connectivity index (χ0v) is 17.7. The summed E-state index contributed by atoms with van der Waals surface area (Å²) in [5.41, 5.74) is 1.73. The molecule has 7 nitrogen and oxygen atoms in total. The Labute approximate surface area is 172 Å². The minimum atomic E-state index is -1.56. The number of rotatable bonds is 10. The number of methoxy groups -OCH3 is 3. The van der Waals surface area contributed by atoms with Crippen LogP contribution in [0.4, 0.5) is 0 Å².